The molecule has 3 atom stereocenters. The molecule has 8 heteroatoms. The van der Waals surface area contributed by atoms with Gasteiger partial charge in [0.1, 0.15) is 25.0 Å². The topological polar surface area (TPSA) is 114 Å². The fourth-order valence-electron chi connectivity index (χ4n) is 1.79. The van der Waals surface area contributed by atoms with E-state index < -0.39 is 36.0 Å². The monoisotopic (exact) mass is 349 g/mol. The zero-order chi connectivity index (χ0) is 18.8. The first-order valence-electron chi connectivity index (χ1n) is 7.86. The standard InChI is InChI=1S/C17H23N3O5/c1-11(9-21)18-15(22)12(2)19-16(23)13(3)20-17(24)25-10-14-7-5-4-6-8-14/h4-9,11-13H,10H2,1-3H3,(H,18,22)(H,19,23)(H,20,24). The lowest BCUT2D eigenvalue weighted by Gasteiger charge is -2.19. The normalized spacial score (nSPS) is 13.7. The quantitative estimate of drug-likeness (QED) is 0.592. The summed E-state index contributed by atoms with van der Waals surface area (Å²) in [4.78, 5) is 46.0. The SMILES string of the molecule is CC(C=O)NC(=O)C(C)NC(=O)C(C)NC(=O)OCc1ccccc1. The fourth-order valence-corrected chi connectivity index (χ4v) is 1.79. The van der Waals surface area contributed by atoms with Crippen LogP contribution in [0.15, 0.2) is 30.3 Å². The first-order chi connectivity index (χ1) is 11.8. The number of alkyl carbamates (subject to hydrolysis) is 1. The molecule has 0 saturated heterocycles. The van der Waals surface area contributed by atoms with Gasteiger partial charge in [-0.3, -0.25) is 9.59 Å². The van der Waals surface area contributed by atoms with Gasteiger partial charge in [-0.05, 0) is 26.3 Å². The first-order valence-corrected chi connectivity index (χ1v) is 7.86. The summed E-state index contributed by atoms with van der Waals surface area (Å²) in [6.45, 7) is 4.55. The summed E-state index contributed by atoms with van der Waals surface area (Å²) >= 11 is 0. The number of aldehydes is 1. The highest BCUT2D eigenvalue weighted by atomic mass is 16.5. The van der Waals surface area contributed by atoms with Crippen LogP contribution in [0.5, 0.6) is 0 Å². The van der Waals surface area contributed by atoms with Gasteiger partial charge in [0.05, 0.1) is 6.04 Å². The van der Waals surface area contributed by atoms with Crippen molar-refractivity contribution in [3.05, 3.63) is 35.9 Å². The van der Waals surface area contributed by atoms with Crippen LogP contribution in [0, 0.1) is 0 Å². The van der Waals surface area contributed by atoms with E-state index in [4.69, 9.17) is 4.74 Å². The van der Waals surface area contributed by atoms with Gasteiger partial charge in [0, 0.05) is 0 Å². The molecular formula is C17H23N3O5. The summed E-state index contributed by atoms with van der Waals surface area (Å²) in [5.41, 5.74) is 0.823. The molecule has 0 aromatic heterocycles. The lowest BCUT2D eigenvalue weighted by Crippen LogP contribution is -2.52. The molecule has 3 unspecified atom stereocenters. The second-order valence-corrected chi connectivity index (χ2v) is 5.59. The number of carbonyl (C=O) groups excluding carboxylic acids is 4. The van der Waals surface area contributed by atoms with Crippen molar-refractivity contribution in [1.29, 1.82) is 0 Å². The van der Waals surface area contributed by atoms with Gasteiger partial charge in [0.25, 0.3) is 0 Å². The molecule has 0 fully saturated rings. The number of benzene rings is 1. The molecule has 0 heterocycles. The van der Waals surface area contributed by atoms with Gasteiger partial charge in [-0.1, -0.05) is 30.3 Å². The molecule has 0 bridgehead atoms. The summed E-state index contributed by atoms with van der Waals surface area (Å²) in [6, 6.07) is 6.74. The van der Waals surface area contributed by atoms with Gasteiger partial charge < -0.3 is 25.5 Å². The van der Waals surface area contributed by atoms with Crippen molar-refractivity contribution in [2.75, 3.05) is 0 Å². The summed E-state index contributed by atoms with van der Waals surface area (Å²) in [5, 5.41) is 7.26. The Balaban J connectivity index is 2.38. The van der Waals surface area contributed by atoms with Crippen LogP contribution >= 0.6 is 0 Å². The third kappa shape index (κ3) is 7.47. The van der Waals surface area contributed by atoms with Crippen molar-refractivity contribution in [1.82, 2.24) is 16.0 Å². The molecular weight excluding hydrogens is 326 g/mol. The number of nitrogens with one attached hydrogen (secondary N) is 3. The van der Waals surface area contributed by atoms with Crippen molar-refractivity contribution >= 4 is 24.2 Å². The number of carbonyl (C=O) groups is 4. The molecule has 25 heavy (non-hydrogen) atoms. The van der Waals surface area contributed by atoms with Crippen LogP contribution in [0.3, 0.4) is 0 Å². The third-order valence-electron chi connectivity index (χ3n) is 3.27. The van der Waals surface area contributed by atoms with Crippen molar-refractivity contribution < 1.29 is 23.9 Å². The van der Waals surface area contributed by atoms with E-state index in [0.29, 0.717) is 6.29 Å². The molecule has 0 aliphatic carbocycles. The largest absolute Gasteiger partial charge is 0.445 e. The molecule has 3 N–H and O–H groups in total. The molecule has 3 amide bonds. The average Bonchev–Trinajstić information content (AvgIpc) is 2.60. The number of hydrogen-bond acceptors (Lipinski definition) is 5. The zero-order valence-electron chi connectivity index (χ0n) is 14.4. The van der Waals surface area contributed by atoms with Gasteiger partial charge in [-0.25, -0.2) is 4.79 Å². The third-order valence-corrected chi connectivity index (χ3v) is 3.27. The van der Waals surface area contributed by atoms with E-state index in [1.54, 1.807) is 0 Å². The molecule has 1 aromatic rings. The van der Waals surface area contributed by atoms with Crippen LogP contribution < -0.4 is 16.0 Å². The molecule has 136 valence electrons. The van der Waals surface area contributed by atoms with E-state index in [1.165, 1.54) is 20.8 Å². The maximum absolute atomic E-state index is 12.0. The summed E-state index contributed by atoms with van der Waals surface area (Å²) < 4.78 is 5.02. The van der Waals surface area contributed by atoms with Gasteiger partial charge >= 0.3 is 6.09 Å². The van der Waals surface area contributed by atoms with Crippen molar-refractivity contribution in [2.24, 2.45) is 0 Å². The Bertz CT molecular complexity index is 606. The Morgan fingerprint density at radius 3 is 2.12 bits per heavy atom. The minimum absolute atomic E-state index is 0.0867. The van der Waals surface area contributed by atoms with Crippen LogP contribution in [-0.2, 0) is 25.7 Å². The fraction of sp³-hybridized carbons (Fsp3) is 0.412. The molecule has 8 nitrogen and oxygen atoms in total. The molecule has 0 aliphatic heterocycles. The van der Waals surface area contributed by atoms with Gasteiger partial charge in [0.2, 0.25) is 11.8 Å². The first kappa shape index (κ1) is 20.1. The van der Waals surface area contributed by atoms with E-state index in [-0.39, 0.29) is 6.61 Å². The van der Waals surface area contributed by atoms with E-state index >= 15 is 0 Å². The maximum atomic E-state index is 12.0. The minimum Gasteiger partial charge on any atom is -0.445 e. The van der Waals surface area contributed by atoms with Crippen LogP contribution in [0.1, 0.15) is 26.3 Å². The zero-order valence-corrected chi connectivity index (χ0v) is 14.4. The highest BCUT2D eigenvalue weighted by Gasteiger charge is 2.22. The Morgan fingerprint density at radius 1 is 0.960 bits per heavy atom. The molecule has 0 saturated carbocycles. The number of ether oxygens (including phenoxy) is 1. The molecule has 1 aromatic carbocycles. The Morgan fingerprint density at radius 2 is 1.52 bits per heavy atom. The summed E-state index contributed by atoms with van der Waals surface area (Å²) in [7, 11) is 0. The van der Waals surface area contributed by atoms with Crippen LogP contribution in [0.4, 0.5) is 4.79 Å². The van der Waals surface area contributed by atoms with Crippen molar-refractivity contribution in [3.8, 4) is 0 Å². The van der Waals surface area contributed by atoms with Gasteiger partial charge in [-0.15, -0.1) is 0 Å². The molecule has 1 rings (SSSR count). The molecule has 0 radical (unpaired) electrons. The lowest BCUT2D eigenvalue weighted by molar-refractivity contribution is -0.130. The summed E-state index contributed by atoms with van der Waals surface area (Å²) in [6.07, 6.45) is -0.155. The Hall–Kier alpha value is -2.90. The van der Waals surface area contributed by atoms with E-state index in [1.807, 2.05) is 30.3 Å². The maximum Gasteiger partial charge on any atom is 0.408 e. The van der Waals surface area contributed by atoms with Crippen LogP contribution in [-0.4, -0.2) is 42.3 Å². The average molecular weight is 349 g/mol. The van der Waals surface area contributed by atoms with Gasteiger partial charge in [-0.2, -0.15) is 0 Å². The molecule has 0 aliphatic rings. The van der Waals surface area contributed by atoms with Crippen molar-refractivity contribution in [2.45, 2.75) is 45.5 Å². The van der Waals surface area contributed by atoms with Crippen LogP contribution in [0.25, 0.3) is 0 Å². The van der Waals surface area contributed by atoms with E-state index in [2.05, 4.69) is 16.0 Å². The smallest absolute Gasteiger partial charge is 0.408 e. The van der Waals surface area contributed by atoms with E-state index in [9.17, 15) is 19.2 Å². The number of amides is 3. The Kier molecular flexibility index (Phi) is 8.11. The van der Waals surface area contributed by atoms with Gasteiger partial charge in [0.15, 0.2) is 0 Å². The summed E-state index contributed by atoms with van der Waals surface area (Å²) in [5.74, 6) is -1.04. The van der Waals surface area contributed by atoms with E-state index in [0.717, 1.165) is 5.56 Å². The minimum atomic E-state index is -0.887. The highest BCUT2D eigenvalue weighted by molar-refractivity contribution is 5.91. The highest BCUT2D eigenvalue weighted by Crippen LogP contribution is 2.00. The van der Waals surface area contributed by atoms with Crippen LogP contribution in [0.2, 0.25) is 0 Å². The predicted octanol–water partition coefficient (Wildman–Crippen LogP) is 0.510. The second kappa shape index (κ2) is 10.1. The number of hydrogen-bond donors (Lipinski definition) is 3. The lowest BCUT2D eigenvalue weighted by atomic mass is 10.2. The second-order valence-electron chi connectivity index (χ2n) is 5.59. The predicted molar refractivity (Wildman–Crippen MR) is 90.5 cm³/mol. The number of rotatable bonds is 8. The Labute approximate surface area is 146 Å². The van der Waals surface area contributed by atoms with Crippen molar-refractivity contribution in [3.63, 3.8) is 0 Å². The molecule has 0 spiro atoms.